The topological polar surface area (TPSA) is 54.0 Å². The first-order chi connectivity index (χ1) is 17.5. The summed E-state index contributed by atoms with van der Waals surface area (Å²) in [7, 11) is 3.32. The molecule has 0 aliphatic heterocycles. The summed E-state index contributed by atoms with van der Waals surface area (Å²) in [6.45, 7) is 1.85. The molecular formula is C31H30O5. The highest BCUT2D eigenvalue weighted by Gasteiger charge is 2.37. The fourth-order valence-corrected chi connectivity index (χ4v) is 4.29. The minimum Gasteiger partial charge on any atom is -0.497 e. The minimum absolute atomic E-state index is 0.335. The normalized spacial score (nSPS) is 11.1. The third-order valence-corrected chi connectivity index (χ3v) is 6.07. The van der Waals surface area contributed by atoms with Gasteiger partial charge in [-0.2, -0.15) is 0 Å². The molecule has 0 aromatic heterocycles. The second-order valence-electron chi connectivity index (χ2n) is 8.34. The van der Waals surface area contributed by atoms with Gasteiger partial charge in [-0.3, -0.25) is 4.79 Å². The number of hydrogen-bond acceptors (Lipinski definition) is 5. The van der Waals surface area contributed by atoms with Crippen molar-refractivity contribution in [3.05, 3.63) is 125 Å². The summed E-state index contributed by atoms with van der Waals surface area (Å²) in [5, 5.41) is 0. The van der Waals surface area contributed by atoms with Crippen LogP contribution in [-0.4, -0.2) is 26.8 Å². The molecule has 0 spiro atoms. The molecule has 0 N–H and O–H groups in total. The Balaban J connectivity index is 1.72. The van der Waals surface area contributed by atoms with Gasteiger partial charge in [0, 0.05) is 6.92 Å². The van der Waals surface area contributed by atoms with Crippen LogP contribution in [-0.2, 0) is 21.6 Å². The zero-order chi connectivity index (χ0) is 25.4. The Morgan fingerprint density at radius 1 is 0.639 bits per heavy atom. The van der Waals surface area contributed by atoms with Crippen LogP contribution >= 0.6 is 0 Å². The Hall–Kier alpha value is -4.09. The molecule has 4 aromatic rings. The van der Waals surface area contributed by atoms with Gasteiger partial charge in [0.25, 0.3) is 0 Å². The number of carbonyl (C=O) groups excluding carboxylic acids is 1. The smallest absolute Gasteiger partial charge is 0.308 e. The molecule has 0 unspecified atom stereocenters. The van der Waals surface area contributed by atoms with E-state index in [1.165, 1.54) is 6.92 Å². The highest BCUT2D eigenvalue weighted by molar-refractivity contribution is 5.69. The number of hydrogen-bond donors (Lipinski definition) is 0. The van der Waals surface area contributed by atoms with E-state index >= 15 is 0 Å². The molecule has 0 bridgehead atoms. The van der Waals surface area contributed by atoms with Crippen molar-refractivity contribution in [2.75, 3.05) is 20.8 Å². The van der Waals surface area contributed by atoms with Gasteiger partial charge in [-0.1, -0.05) is 66.7 Å². The number of carbonyl (C=O) groups is 1. The van der Waals surface area contributed by atoms with Gasteiger partial charge < -0.3 is 18.9 Å². The van der Waals surface area contributed by atoms with Gasteiger partial charge in [-0.05, 0) is 65.1 Å². The molecule has 0 amide bonds. The van der Waals surface area contributed by atoms with Crippen LogP contribution in [0, 0.1) is 0 Å². The van der Waals surface area contributed by atoms with Crippen molar-refractivity contribution in [3.63, 3.8) is 0 Å². The Kier molecular flexibility index (Phi) is 8.03. The molecular weight excluding hydrogens is 452 g/mol. The van der Waals surface area contributed by atoms with Gasteiger partial charge in [0.1, 0.15) is 22.8 Å². The van der Waals surface area contributed by atoms with Crippen molar-refractivity contribution < 1.29 is 23.7 Å². The average molecular weight is 483 g/mol. The molecule has 0 heterocycles. The van der Waals surface area contributed by atoms with Gasteiger partial charge >= 0.3 is 5.97 Å². The van der Waals surface area contributed by atoms with Gasteiger partial charge in [-0.15, -0.1) is 0 Å². The van der Waals surface area contributed by atoms with Crippen molar-refractivity contribution in [2.24, 2.45) is 0 Å². The van der Waals surface area contributed by atoms with E-state index in [1.54, 1.807) is 26.4 Å². The Morgan fingerprint density at radius 2 is 1.11 bits per heavy atom. The second kappa shape index (κ2) is 11.6. The minimum atomic E-state index is -0.850. The molecule has 0 atom stereocenters. The average Bonchev–Trinajstić information content (AvgIpc) is 2.92. The van der Waals surface area contributed by atoms with Gasteiger partial charge in [0.15, 0.2) is 0 Å². The van der Waals surface area contributed by atoms with E-state index in [4.69, 9.17) is 18.9 Å². The maximum Gasteiger partial charge on any atom is 0.308 e. The zero-order valence-corrected chi connectivity index (χ0v) is 20.8. The summed E-state index contributed by atoms with van der Waals surface area (Å²) in [5.41, 5.74) is 3.23. The fourth-order valence-electron chi connectivity index (χ4n) is 4.29. The maximum atomic E-state index is 11.2. The molecule has 5 heteroatoms. The third-order valence-electron chi connectivity index (χ3n) is 6.07. The lowest BCUT2D eigenvalue weighted by Gasteiger charge is -2.36. The van der Waals surface area contributed by atoms with Crippen LogP contribution in [0.15, 0.2) is 103 Å². The van der Waals surface area contributed by atoms with E-state index in [9.17, 15) is 4.79 Å². The van der Waals surface area contributed by atoms with Gasteiger partial charge in [0.2, 0.25) is 0 Å². The monoisotopic (exact) mass is 482 g/mol. The molecule has 0 saturated carbocycles. The van der Waals surface area contributed by atoms with Crippen molar-refractivity contribution in [1.29, 1.82) is 0 Å². The van der Waals surface area contributed by atoms with E-state index in [1.807, 2.05) is 78.9 Å². The fraction of sp³-hybridized carbons (Fsp3) is 0.194. The van der Waals surface area contributed by atoms with E-state index in [0.717, 1.165) is 33.8 Å². The van der Waals surface area contributed by atoms with Crippen LogP contribution < -0.4 is 14.2 Å². The lowest BCUT2D eigenvalue weighted by Crippen LogP contribution is -2.33. The number of methoxy groups -OCH3 is 2. The maximum absolute atomic E-state index is 11.2. The quantitative estimate of drug-likeness (QED) is 0.153. The molecule has 184 valence electrons. The molecule has 0 aliphatic rings. The SMILES string of the molecule is COc1ccc(C(OCCc2ccc(OC(C)=O)cc2)(c2ccccc2)c2ccc(OC)cc2)cc1. The summed E-state index contributed by atoms with van der Waals surface area (Å²) >= 11 is 0. The Labute approximate surface area is 212 Å². The van der Waals surface area contributed by atoms with E-state index in [0.29, 0.717) is 18.8 Å². The van der Waals surface area contributed by atoms with Crippen LogP contribution in [0.5, 0.6) is 17.2 Å². The predicted molar refractivity (Wildman–Crippen MR) is 140 cm³/mol. The molecule has 0 aliphatic carbocycles. The first-order valence-electron chi connectivity index (χ1n) is 11.8. The molecule has 4 aromatic carbocycles. The van der Waals surface area contributed by atoms with E-state index in [2.05, 4.69) is 12.1 Å². The summed E-state index contributed by atoms with van der Waals surface area (Å²) in [5.74, 6) is 1.76. The summed E-state index contributed by atoms with van der Waals surface area (Å²) in [6.07, 6.45) is 0.682. The zero-order valence-electron chi connectivity index (χ0n) is 20.8. The molecule has 0 saturated heterocycles. The first-order valence-corrected chi connectivity index (χ1v) is 11.8. The van der Waals surface area contributed by atoms with Crippen molar-refractivity contribution in [2.45, 2.75) is 18.9 Å². The predicted octanol–water partition coefficient (Wildman–Crippen LogP) is 6.18. The molecule has 4 rings (SSSR count). The van der Waals surface area contributed by atoms with Gasteiger partial charge in [-0.25, -0.2) is 0 Å². The van der Waals surface area contributed by atoms with Crippen LogP contribution in [0.25, 0.3) is 0 Å². The third kappa shape index (κ3) is 5.58. The van der Waals surface area contributed by atoms with Crippen LogP contribution in [0.3, 0.4) is 0 Å². The number of esters is 1. The lowest BCUT2D eigenvalue weighted by molar-refractivity contribution is -0.131. The lowest BCUT2D eigenvalue weighted by atomic mass is 9.80. The summed E-state index contributed by atoms with van der Waals surface area (Å²) < 4.78 is 22.8. The largest absolute Gasteiger partial charge is 0.497 e. The van der Waals surface area contributed by atoms with Crippen LogP contribution in [0.4, 0.5) is 0 Å². The summed E-state index contributed by atoms with van der Waals surface area (Å²) in [6, 6.07) is 33.7. The Morgan fingerprint density at radius 3 is 1.58 bits per heavy atom. The van der Waals surface area contributed by atoms with Crippen LogP contribution in [0.1, 0.15) is 29.2 Å². The Bertz CT molecular complexity index is 1200. The molecule has 0 radical (unpaired) electrons. The van der Waals surface area contributed by atoms with Crippen molar-refractivity contribution >= 4 is 5.97 Å². The number of rotatable bonds is 10. The van der Waals surface area contributed by atoms with E-state index in [-0.39, 0.29) is 5.97 Å². The first kappa shape index (κ1) is 25.0. The van der Waals surface area contributed by atoms with Crippen molar-refractivity contribution in [3.8, 4) is 17.2 Å². The van der Waals surface area contributed by atoms with E-state index < -0.39 is 5.60 Å². The second-order valence-corrected chi connectivity index (χ2v) is 8.34. The van der Waals surface area contributed by atoms with Crippen molar-refractivity contribution in [1.82, 2.24) is 0 Å². The number of ether oxygens (including phenoxy) is 4. The summed E-state index contributed by atoms with van der Waals surface area (Å²) in [4.78, 5) is 11.2. The highest BCUT2D eigenvalue weighted by atomic mass is 16.5. The molecule has 36 heavy (non-hydrogen) atoms. The van der Waals surface area contributed by atoms with Gasteiger partial charge in [0.05, 0.1) is 20.8 Å². The number of benzene rings is 4. The standard InChI is InChI=1S/C31H30O5/c1-23(32)36-30-15-9-24(10-16-30)21-22-35-31(25-7-5-4-6-8-25,26-11-17-28(33-2)18-12-26)27-13-19-29(34-3)20-14-27/h4-20H,21-22H2,1-3H3. The van der Waals surface area contributed by atoms with Crippen LogP contribution in [0.2, 0.25) is 0 Å². The molecule has 0 fully saturated rings. The molecule has 5 nitrogen and oxygen atoms in total. The highest BCUT2D eigenvalue weighted by Crippen LogP contribution is 2.41.